The zero-order valence-electron chi connectivity index (χ0n) is 14.4. The second-order valence-electron chi connectivity index (χ2n) is 6.17. The first-order chi connectivity index (χ1) is 11.2. The number of carboxylic acids is 1. The summed E-state index contributed by atoms with van der Waals surface area (Å²) in [4.78, 5) is 22.6. The molecule has 0 bridgehead atoms. The molecule has 6 heteroatoms. The number of hydrogen-bond acceptors (Lipinski definition) is 5. The van der Waals surface area contributed by atoms with E-state index in [9.17, 15) is 14.7 Å². The van der Waals surface area contributed by atoms with Gasteiger partial charge in [-0.05, 0) is 26.3 Å². The molecule has 1 rings (SSSR count). The van der Waals surface area contributed by atoms with Gasteiger partial charge < -0.3 is 19.7 Å². The fourth-order valence-corrected chi connectivity index (χ4v) is 2.24. The van der Waals surface area contributed by atoms with Gasteiger partial charge in [0, 0.05) is 6.42 Å². The highest BCUT2D eigenvalue weighted by Gasteiger charge is 2.36. The van der Waals surface area contributed by atoms with Gasteiger partial charge in [-0.25, -0.2) is 0 Å². The van der Waals surface area contributed by atoms with Crippen LogP contribution in [-0.2, 0) is 25.5 Å². The lowest BCUT2D eigenvalue weighted by atomic mass is 9.91. The second kappa shape index (κ2) is 9.39. The van der Waals surface area contributed by atoms with E-state index in [4.69, 9.17) is 14.6 Å². The predicted molar refractivity (Wildman–Crippen MR) is 88.6 cm³/mol. The third kappa shape index (κ3) is 7.10. The smallest absolute Gasteiger partial charge is 0.307 e. The first-order valence-corrected chi connectivity index (χ1v) is 8.00. The molecule has 1 aromatic carbocycles. The number of hydrogen-bond donors (Lipinski definition) is 2. The van der Waals surface area contributed by atoms with Crippen molar-refractivity contribution in [2.24, 2.45) is 0 Å². The molecule has 3 unspecified atom stereocenters. The molecule has 0 heterocycles. The molecule has 0 radical (unpaired) electrons. The van der Waals surface area contributed by atoms with Crippen molar-refractivity contribution in [1.82, 2.24) is 0 Å². The number of carboxylic acid groups (broad SMARTS) is 1. The summed E-state index contributed by atoms with van der Waals surface area (Å²) in [6.45, 7) is 5.26. The van der Waals surface area contributed by atoms with Gasteiger partial charge >= 0.3 is 11.9 Å². The van der Waals surface area contributed by atoms with Crippen LogP contribution in [0, 0.1) is 0 Å². The normalized spacial score (nSPS) is 16.0. The average molecular weight is 338 g/mol. The molecular formula is C18H26O6. The third-order valence-corrected chi connectivity index (χ3v) is 3.74. The summed E-state index contributed by atoms with van der Waals surface area (Å²) in [5.41, 5.74) is 0.00442. The van der Waals surface area contributed by atoms with Crippen LogP contribution >= 0.6 is 0 Å². The number of carbonyl (C=O) groups excluding carboxylic acids is 1. The van der Waals surface area contributed by atoms with E-state index in [1.807, 2.05) is 30.3 Å². The Kier molecular flexibility index (Phi) is 7.88. The van der Waals surface area contributed by atoms with Crippen LogP contribution in [0.2, 0.25) is 0 Å². The van der Waals surface area contributed by atoms with Gasteiger partial charge in [-0.1, -0.05) is 30.3 Å². The molecule has 0 spiro atoms. The molecule has 0 aliphatic carbocycles. The van der Waals surface area contributed by atoms with Crippen molar-refractivity contribution in [2.45, 2.75) is 57.8 Å². The summed E-state index contributed by atoms with van der Waals surface area (Å²) in [5, 5.41) is 18.1. The second-order valence-corrected chi connectivity index (χ2v) is 6.17. The van der Waals surface area contributed by atoms with Crippen LogP contribution in [0.15, 0.2) is 30.3 Å². The molecular weight excluding hydrogens is 312 g/mol. The molecule has 0 fully saturated rings. The molecule has 3 atom stereocenters. The van der Waals surface area contributed by atoms with Crippen molar-refractivity contribution in [1.29, 1.82) is 0 Å². The summed E-state index contributed by atoms with van der Waals surface area (Å²) < 4.78 is 11.2. The summed E-state index contributed by atoms with van der Waals surface area (Å²) >= 11 is 0. The van der Waals surface area contributed by atoms with Gasteiger partial charge in [0.05, 0.1) is 31.7 Å². The molecule has 6 nitrogen and oxygen atoms in total. The average Bonchev–Trinajstić information content (AvgIpc) is 2.51. The molecule has 0 saturated heterocycles. The van der Waals surface area contributed by atoms with E-state index in [0.29, 0.717) is 6.42 Å². The minimum atomic E-state index is -1.05. The first-order valence-electron chi connectivity index (χ1n) is 8.00. The Morgan fingerprint density at radius 2 is 1.79 bits per heavy atom. The fourth-order valence-electron chi connectivity index (χ4n) is 2.24. The zero-order chi connectivity index (χ0) is 18.2. The van der Waals surface area contributed by atoms with Crippen LogP contribution in [0.5, 0.6) is 0 Å². The largest absolute Gasteiger partial charge is 0.481 e. The SMILES string of the molecule is CC(O)COC(C)C(C)(Cc1ccccc1)OC(=O)CCC(=O)O. The maximum atomic E-state index is 12.0. The van der Waals surface area contributed by atoms with Gasteiger partial charge in [0.25, 0.3) is 0 Å². The highest BCUT2D eigenvalue weighted by Crippen LogP contribution is 2.25. The minimum absolute atomic E-state index is 0.123. The van der Waals surface area contributed by atoms with Crippen LogP contribution in [0.4, 0.5) is 0 Å². The monoisotopic (exact) mass is 338 g/mol. The number of benzene rings is 1. The molecule has 0 saturated carbocycles. The number of aliphatic hydroxyl groups is 1. The molecule has 0 aromatic heterocycles. The Morgan fingerprint density at radius 1 is 1.17 bits per heavy atom. The molecule has 2 N–H and O–H groups in total. The standard InChI is InChI=1S/C18H26O6/c1-13(19)12-23-14(2)18(3,11-15-7-5-4-6-8-15)24-17(22)10-9-16(20)21/h4-8,13-14,19H,9-12H2,1-3H3,(H,20,21). The Bertz CT molecular complexity index is 528. The van der Waals surface area contributed by atoms with E-state index in [2.05, 4.69) is 0 Å². The predicted octanol–water partition coefficient (Wildman–Crippen LogP) is 2.18. The van der Waals surface area contributed by atoms with E-state index >= 15 is 0 Å². The summed E-state index contributed by atoms with van der Waals surface area (Å²) in [5.74, 6) is -1.63. The van der Waals surface area contributed by atoms with Crippen LogP contribution in [0.25, 0.3) is 0 Å². The Morgan fingerprint density at radius 3 is 2.33 bits per heavy atom. The minimum Gasteiger partial charge on any atom is -0.481 e. The van der Waals surface area contributed by atoms with Crippen molar-refractivity contribution in [2.75, 3.05) is 6.61 Å². The van der Waals surface area contributed by atoms with Gasteiger partial charge in [-0.2, -0.15) is 0 Å². The number of esters is 1. The number of rotatable bonds is 10. The molecule has 24 heavy (non-hydrogen) atoms. The molecule has 1 aromatic rings. The van der Waals surface area contributed by atoms with Crippen molar-refractivity contribution >= 4 is 11.9 Å². The van der Waals surface area contributed by atoms with E-state index in [1.54, 1.807) is 20.8 Å². The van der Waals surface area contributed by atoms with Gasteiger partial charge in [0.1, 0.15) is 5.60 Å². The van der Waals surface area contributed by atoms with Gasteiger partial charge in [-0.15, -0.1) is 0 Å². The Labute approximate surface area is 142 Å². The van der Waals surface area contributed by atoms with Crippen molar-refractivity contribution in [3.05, 3.63) is 35.9 Å². The zero-order valence-corrected chi connectivity index (χ0v) is 14.4. The number of aliphatic carboxylic acids is 1. The summed E-state index contributed by atoms with van der Waals surface area (Å²) in [6, 6.07) is 9.52. The van der Waals surface area contributed by atoms with Gasteiger partial charge in [0.15, 0.2) is 0 Å². The summed E-state index contributed by atoms with van der Waals surface area (Å²) in [7, 11) is 0. The maximum Gasteiger partial charge on any atom is 0.307 e. The topological polar surface area (TPSA) is 93.1 Å². The highest BCUT2D eigenvalue weighted by molar-refractivity contribution is 5.76. The van der Waals surface area contributed by atoms with E-state index in [0.717, 1.165) is 5.56 Å². The van der Waals surface area contributed by atoms with E-state index in [-0.39, 0.29) is 19.4 Å². The number of ether oxygens (including phenoxy) is 2. The molecule has 134 valence electrons. The van der Waals surface area contributed by atoms with Crippen LogP contribution in [0.3, 0.4) is 0 Å². The van der Waals surface area contributed by atoms with Crippen LogP contribution in [-0.4, -0.2) is 46.6 Å². The molecule has 0 aliphatic rings. The number of aliphatic hydroxyl groups excluding tert-OH is 1. The highest BCUT2D eigenvalue weighted by atomic mass is 16.6. The quantitative estimate of drug-likeness (QED) is 0.635. The van der Waals surface area contributed by atoms with Crippen LogP contribution < -0.4 is 0 Å². The molecule has 0 aliphatic heterocycles. The lowest BCUT2D eigenvalue weighted by Gasteiger charge is -2.35. The van der Waals surface area contributed by atoms with Crippen molar-refractivity contribution in [3.63, 3.8) is 0 Å². The molecule has 0 amide bonds. The first kappa shape index (κ1) is 20.1. The lowest BCUT2D eigenvalue weighted by Crippen LogP contribution is -2.46. The van der Waals surface area contributed by atoms with Crippen molar-refractivity contribution in [3.8, 4) is 0 Å². The maximum absolute atomic E-state index is 12.0. The van der Waals surface area contributed by atoms with Gasteiger partial charge in [0.2, 0.25) is 0 Å². The Balaban J connectivity index is 2.84. The number of carbonyl (C=O) groups is 2. The van der Waals surface area contributed by atoms with Crippen LogP contribution in [0.1, 0.15) is 39.2 Å². The fraction of sp³-hybridized carbons (Fsp3) is 0.556. The van der Waals surface area contributed by atoms with E-state index < -0.39 is 29.7 Å². The lowest BCUT2D eigenvalue weighted by molar-refractivity contribution is -0.177. The third-order valence-electron chi connectivity index (χ3n) is 3.74. The summed E-state index contributed by atoms with van der Waals surface area (Å²) in [6.07, 6.45) is -1.14. The van der Waals surface area contributed by atoms with E-state index in [1.165, 1.54) is 0 Å². The van der Waals surface area contributed by atoms with Crippen molar-refractivity contribution < 1.29 is 29.3 Å². The Hall–Kier alpha value is -1.92. The van der Waals surface area contributed by atoms with Gasteiger partial charge in [-0.3, -0.25) is 9.59 Å².